The summed E-state index contributed by atoms with van der Waals surface area (Å²) in [4.78, 5) is 14.8. The number of halogens is 1. The number of methoxy groups -OCH3 is 3. The van der Waals surface area contributed by atoms with Gasteiger partial charge in [0.05, 0.1) is 21.3 Å². The Morgan fingerprint density at radius 3 is 2.31 bits per heavy atom. The standard InChI is InChI=1S/C20H22ClNO4/c1-24-17-10-14(11-18(25-2)19(17)26-3)20(23)22-9-8-13(12-22)15-6-4-5-7-16(15)21/h4-7,10-11,13H,8-9,12H2,1-3H3. The first kappa shape index (κ1) is 18.4. The highest BCUT2D eigenvalue weighted by atomic mass is 35.5. The quantitative estimate of drug-likeness (QED) is 0.792. The summed E-state index contributed by atoms with van der Waals surface area (Å²) in [5.74, 6) is 1.60. The van der Waals surface area contributed by atoms with Crippen molar-refractivity contribution in [3.05, 3.63) is 52.5 Å². The van der Waals surface area contributed by atoms with E-state index in [2.05, 4.69) is 0 Å². The monoisotopic (exact) mass is 375 g/mol. The van der Waals surface area contributed by atoms with Crippen LogP contribution in [0.2, 0.25) is 5.02 Å². The summed E-state index contributed by atoms with van der Waals surface area (Å²) in [6, 6.07) is 11.2. The molecule has 0 aromatic heterocycles. The van der Waals surface area contributed by atoms with Crippen molar-refractivity contribution in [3.63, 3.8) is 0 Å². The molecule has 1 heterocycles. The van der Waals surface area contributed by atoms with E-state index in [0.717, 1.165) is 17.0 Å². The van der Waals surface area contributed by atoms with Gasteiger partial charge in [-0.1, -0.05) is 29.8 Å². The van der Waals surface area contributed by atoms with Gasteiger partial charge in [0.25, 0.3) is 5.91 Å². The van der Waals surface area contributed by atoms with Crippen LogP contribution < -0.4 is 14.2 Å². The average molecular weight is 376 g/mol. The van der Waals surface area contributed by atoms with Crippen LogP contribution in [-0.4, -0.2) is 45.2 Å². The molecule has 6 heteroatoms. The molecule has 2 aromatic carbocycles. The Morgan fingerprint density at radius 1 is 1.08 bits per heavy atom. The number of amides is 1. The number of nitrogens with zero attached hydrogens (tertiary/aromatic N) is 1. The molecular formula is C20H22ClNO4. The predicted octanol–water partition coefficient (Wildman–Crippen LogP) is 4.00. The van der Waals surface area contributed by atoms with Gasteiger partial charge in [0, 0.05) is 29.6 Å². The zero-order valence-corrected chi connectivity index (χ0v) is 15.9. The summed E-state index contributed by atoms with van der Waals surface area (Å²) in [6.45, 7) is 1.32. The van der Waals surface area contributed by atoms with Gasteiger partial charge in [-0.15, -0.1) is 0 Å². The maximum Gasteiger partial charge on any atom is 0.254 e. The molecule has 1 aliphatic heterocycles. The second kappa shape index (κ2) is 7.87. The molecule has 26 heavy (non-hydrogen) atoms. The van der Waals surface area contributed by atoms with Gasteiger partial charge in [-0.25, -0.2) is 0 Å². The smallest absolute Gasteiger partial charge is 0.254 e. The van der Waals surface area contributed by atoms with Crippen molar-refractivity contribution in [3.8, 4) is 17.2 Å². The van der Waals surface area contributed by atoms with Crippen LogP contribution in [0.3, 0.4) is 0 Å². The highest BCUT2D eigenvalue weighted by Gasteiger charge is 2.30. The van der Waals surface area contributed by atoms with Crippen molar-refractivity contribution in [2.75, 3.05) is 34.4 Å². The van der Waals surface area contributed by atoms with E-state index in [1.165, 1.54) is 21.3 Å². The van der Waals surface area contributed by atoms with Crippen LogP contribution in [0, 0.1) is 0 Å². The van der Waals surface area contributed by atoms with Gasteiger partial charge in [-0.2, -0.15) is 0 Å². The van der Waals surface area contributed by atoms with E-state index in [1.54, 1.807) is 12.1 Å². The largest absolute Gasteiger partial charge is 0.493 e. The lowest BCUT2D eigenvalue weighted by atomic mass is 9.98. The van der Waals surface area contributed by atoms with E-state index in [-0.39, 0.29) is 11.8 Å². The summed E-state index contributed by atoms with van der Waals surface area (Å²) in [7, 11) is 4.61. The highest BCUT2D eigenvalue weighted by molar-refractivity contribution is 6.31. The summed E-state index contributed by atoms with van der Waals surface area (Å²) in [5, 5.41) is 0.750. The van der Waals surface area contributed by atoms with Crippen LogP contribution in [-0.2, 0) is 0 Å². The van der Waals surface area contributed by atoms with E-state index in [1.807, 2.05) is 29.2 Å². The minimum atomic E-state index is -0.0567. The lowest BCUT2D eigenvalue weighted by molar-refractivity contribution is 0.0790. The molecule has 3 rings (SSSR count). The zero-order chi connectivity index (χ0) is 18.7. The van der Waals surface area contributed by atoms with E-state index in [9.17, 15) is 4.79 Å². The summed E-state index contributed by atoms with van der Waals surface area (Å²) >= 11 is 6.31. The number of carbonyl (C=O) groups is 1. The van der Waals surface area contributed by atoms with E-state index in [0.29, 0.717) is 35.9 Å². The van der Waals surface area contributed by atoms with Gasteiger partial charge >= 0.3 is 0 Å². The van der Waals surface area contributed by atoms with Crippen molar-refractivity contribution >= 4 is 17.5 Å². The maximum atomic E-state index is 13.0. The summed E-state index contributed by atoms with van der Waals surface area (Å²) in [6.07, 6.45) is 0.889. The summed E-state index contributed by atoms with van der Waals surface area (Å²) < 4.78 is 16.0. The third-order valence-corrected chi connectivity index (χ3v) is 5.08. The second-order valence-corrected chi connectivity index (χ2v) is 6.58. The molecule has 1 fully saturated rings. The minimum Gasteiger partial charge on any atom is -0.493 e. The van der Waals surface area contributed by atoms with Gasteiger partial charge in [0.2, 0.25) is 5.75 Å². The molecule has 1 amide bonds. The normalized spacial score (nSPS) is 16.5. The molecule has 0 spiro atoms. The molecule has 0 N–H and O–H groups in total. The van der Waals surface area contributed by atoms with Crippen molar-refractivity contribution in [2.24, 2.45) is 0 Å². The Labute approximate surface area is 158 Å². The van der Waals surface area contributed by atoms with E-state index >= 15 is 0 Å². The fourth-order valence-electron chi connectivity index (χ4n) is 3.39. The lowest BCUT2D eigenvalue weighted by Crippen LogP contribution is -2.28. The Balaban J connectivity index is 1.83. The van der Waals surface area contributed by atoms with Crippen LogP contribution in [0.5, 0.6) is 17.2 Å². The van der Waals surface area contributed by atoms with Crippen LogP contribution in [0.15, 0.2) is 36.4 Å². The van der Waals surface area contributed by atoms with Crippen LogP contribution in [0.25, 0.3) is 0 Å². The Kier molecular flexibility index (Phi) is 5.57. The highest BCUT2D eigenvalue weighted by Crippen LogP contribution is 2.39. The molecule has 1 unspecified atom stereocenters. The molecule has 0 radical (unpaired) electrons. The first-order chi connectivity index (χ1) is 12.6. The number of hydrogen-bond donors (Lipinski definition) is 0. The third kappa shape index (κ3) is 3.44. The number of carbonyl (C=O) groups excluding carboxylic acids is 1. The molecule has 1 aliphatic rings. The van der Waals surface area contributed by atoms with Crippen LogP contribution >= 0.6 is 11.6 Å². The molecule has 1 atom stereocenters. The average Bonchev–Trinajstić information content (AvgIpc) is 3.16. The second-order valence-electron chi connectivity index (χ2n) is 6.17. The SMILES string of the molecule is COc1cc(C(=O)N2CCC(c3ccccc3Cl)C2)cc(OC)c1OC. The molecule has 0 bridgehead atoms. The number of likely N-dealkylation sites (tertiary alicyclic amines) is 1. The first-order valence-corrected chi connectivity index (χ1v) is 8.80. The van der Waals surface area contributed by atoms with Crippen molar-refractivity contribution in [1.29, 1.82) is 0 Å². The van der Waals surface area contributed by atoms with Crippen LogP contribution in [0.1, 0.15) is 28.3 Å². The molecule has 1 saturated heterocycles. The number of rotatable bonds is 5. The minimum absolute atomic E-state index is 0.0567. The molecule has 138 valence electrons. The van der Waals surface area contributed by atoms with Crippen molar-refractivity contribution in [1.82, 2.24) is 4.90 Å². The molecule has 2 aromatic rings. The number of hydrogen-bond acceptors (Lipinski definition) is 4. The van der Waals surface area contributed by atoms with Crippen molar-refractivity contribution in [2.45, 2.75) is 12.3 Å². The lowest BCUT2D eigenvalue weighted by Gasteiger charge is -2.19. The fraction of sp³-hybridized carbons (Fsp3) is 0.350. The van der Waals surface area contributed by atoms with Gasteiger partial charge in [0.1, 0.15) is 0 Å². The maximum absolute atomic E-state index is 13.0. The van der Waals surface area contributed by atoms with Crippen molar-refractivity contribution < 1.29 is 19.0 Å². The van der Waals surface area contributed by atoms with Gasteiger partial charge in [-0.05, 0) is 30.2 Å². The number of ether oxygens (including phenoxy) is 3. The molecule has 0 aliphatic carbocycles. The summed E-state index contributed by atoms with van der Waals surface area (Å²) in [5.41, 5.74) is 1.61. The first-order valence-electron chi connectivity index (χ1n) is 8.42. The molecule has 0 saturated carbocycles. The van der Waals surface area contributed by atoms with E-state index < -0.39 is 0 Å². The Hall–Kier alpha value is -2.40. The fourth-order valence-corrected chi connectivity index (χ4v) is 3.68. The third-order valence-electron chi connectivity index (χ3n) is 4.73. The van der Waals surface area contributed by atoms with Gasteiger partial charge < -0.3 is 19.1 Å². The Bertz CT molecular complexity index is 783. The molecule has 5 nitrogen and oxygen atoms in total. The van der Waals surface area contributed by atoms with Gasteiger partial charge in [-0.3, -0.25) is 4.79 Å². The van der Waals surface area contributed by atoms with Crippen LogP contribution in [0.4, 0.5) is 0 Å². The Morgan fingerprint density at radius 2 is 1.73 bits per heavy atom. The van der Waals surface area contributed by atoms with Gasteiger partial charge in [0.15, 0.2) is 11.5 Å². The molecular weight excluding hydrogens is 354 g/mol. The predicted molar refractivity (Wildman–Crippen MR) is 101 cm³/mol. The number of benzene rings is 2. The zero-order valence-electron chi connectivity index (χ0n) is 15.1. The topological polar surface area (TPSA) is 48.0 Å². The van der Waals surface area contributed by atoms with E-state index in [4.69, 9.17) is 25.8 Å².